The van der Waals surface area contributed by atoms with Crippen LogP contribution in [0.5, 0.6) is 11.5 Å². The van der Waals surface area contributed by atoms with Gasteiger partial charge in [-0.2, -0.15) is 0 Å². The first-order chi connectivity index (χ1) is 12.3. The second-order valence-electron chi connectivity index (χ2n) is 5.50. The number of halogens is 2. The van der Waals surface area contributed by atoms with E-state index in [-0.39, 0.29) is 5.75 Å². The van der Waals surface area contributed by atoms with Crippen LogP contribution >= 0.6 is 15.9 Å². The lowest BCUT2D eigenvalue weighted by Gasteiger charge is -2.09. The number of hydrogen-bond acceptors (Lipinski definition) is 5. The van der Waals surface area contributed by atoms with Gasteiger partial charge >= 0.3 is 11.9 Å². The van der Waals surface area contributed by atoms with Crippen molar-refractivity contribution < 1.29 is 23.5 Å². The number of hydrogen-bond donors (Lipinski definition) is 0. The second kappa shape index (κ2) is 7.21. The van der Waals surface area contributed by atoms with Crippen molar-refractivity contribution >= 4 is 38.8 Å². The summed E-state index contributed by atoms with van der Waals surface area (Å²) in [5, 5.41) is 0.754. The third kappa shape index (κ3) is 3.88. The average Bonchev–Trinajstić information content (AvgIpc) is 2.56. The van der Waals surface area contributed by atoms with E-state index in [1.165, 1.54) is 26.0 Å². The molecule has 1 heterocycles. The number of aromatic nitrogens is 1. The summed E-state index contributed by atoms with van der Waals surface area (Å²) in [6.45, 7) is 2.54. The van der Waals surface area contributed by atoms with Crippen molar-refractivity contribution in [2.75, 3.05) is 0 Å². The van der Waals surface area contributed by atoms with Gasteiger partial charge in [-0.15, -0.1) is 0 Å². The van der Waals surface area contributed by atoms with Crippen LogP contribution in [0.3, 0.4) is 0 Å². The van der Waals surface area contributed by atoms with E-state index in [1.54, 1.807) is 30.3 Å². The lowest BCUT2D eigenvalue weighted by molar-refractivity contribution is -0.132. The number of benzene rings is 2. The summed E-state index contributed by atoms with van der Waals surface area (Å²) in [5.41, 5.74) is 1.72. The molecule has 7 heteroatoms. The molecule has 1 aromatic heterocycles. The summed E-state index contributed by atoms with van der Waals surface area (Å²) < 4.78 is 24.7. The summed E-state index contributed by atoms with van der Waals surface area (Å²) >= 11 is 3.47. The molecule has 0 atom stereocenters. The molecule has 0 spiro atoms. The van der Waals surface area contributed by atoms with Gasteiger partial charge in [0.25, 0.3) is 0 Å². The van der Waals surface area contributed by atoms with Crippen LogP contribution in [0.15, 0.2) is 46.9 Å². The molecule has 132 valence electrons. The quantitative estimate of drug-likeness (QED) is 0.458. The molecule has 0 N–H and O–H groups in total. The van der Waals surface area contributed by atoms with Gasteiger partial charge in [-0.3, -0.25) is 9.59 Å². The highest BCUT2D eigenvalue weighted by molar-refractivity contribution is 9.10. The summed E-state index contributed by atoms with van der Waals surface area (Å²) in [5.74, 6) is -1.37. The van der Waals surface area contributed by atoms with Gasteiger partial charge in [0.05, 0.1) is 11.2 Å². The van der Waals surface area contributed by atoms with Gasteiger partial charge < -0.3 is 9.47 Å². The number of rotatable bonds is 3. The molecule has 0 bridgehead atoms. The van der Waals surface area contributed by atoms with Crippen LogP contribution in [0.4, 0.5) is 4.39 Å². The van der Waals surface area contributed by atoms with Crippen molar-refractivity contribution in [2.45, 2.75) is 13.8 Å². The van der Waals surface area contributed by atoms with Gasteiger partial charge in [-0.05, 0) is 42.5 Å². The highest BCUT2D eigenvalue weighted by Gasteiger charge is 2.12. The smallest absolute Gasteiger partial charge is 0.308 e. The Balaban J connectivity index is 2.02. The van der Waals surface area contributed by atoms with E-state index in [9.17, 15) is 14.0 Å². The molecular weight excluding hydrogens is 405 g/mol. The van der Waals surface area contributed by atoms with Crippen LogP contribution in [0.1, 0.15) is 13.8 Å². The van der Waals surface area contributed by atoms with E-state index >= 15 is 0 Å². The predicted octanol–water partition coefficient (Wildman–Crippen LogP) is 4.65. The number of ether oxygens (including phenoxy) is 2. The van der Waals surface area contributed by atoms with Gasteiger partial charge in [-0.1, -0.05) is 15.9 Å². The molecule has 0 aliphatic rings. The number of carbonyl (C=O) groups is 2. The van der Waals surface area contributed by atoms with Crippen molar-refractivity contribution in [1.82, 2.24) is 4.98 Å². The lowest BCUT2D eigenvalue weighted by atomic mass is 10.1. The first-order valence-electron chi connectivity index (χ1n) is 7.60. The van der Waals surface area contributed by atoms with Gasteiger partial charge in [0.1, 0.15) is 5.75 Å². The number of carbonyl (C=O) groups excluding carboxylic acids is 2. The normalized spacial score (nSPS) is 10.6. The zero-order valence-electron chi connectivity index (χ0n) is 13.9. The Kier molecular flexibility index (Phi) is 4.99. The van der Waals surface area contributed by atoms with Crippen LogP contribution in [-0.4, -0.2) is 16.9 Å². The Morgan fingerprint density at radius 2 is 1.73 bits per heavy atom. The van der Waals surface area contributed by atoms with Crippen LogP contribution < -0.4 is 9.47 Å². The predicted molar refractivity (Wildman–Crippen MR) is 97.5 cm³/mol. The van der Waals surface area contributed by atoms with Gasteiger partial charge in [-0.25, -0.2) is 9.37 Å². The molecule has 0 fully saturated rings. The van der Waals surface area contributed by atoms with Crippen molar-refractivity contribution in [1.29, 1.82) is 0 Å². The van der Waals surface area contributed by atoms with Crippen molar-refractivity contribution in [3.63, 3.8) is 0 Å². The molecule has 3 aromatic rings. The van der Waals surface area contributed by atoms with E-state index in [0.29, 0.717) is 22.5 Å². The molecule has 0 saturated carbocycles. The Morgan fingerprint density at radius 1 is 1.00 bits per heavy atom. The molecule has 0 unspecified atom stereocenters. The largest absolute Gasteiger partial charge is 0.427 e. The standard InChI is InChI=1S/C19H13BrFNO4/c1-10(23)25-13-4-5-17-14(8-13)15(20)9-18(22-17)12-3-6-19(16(21)7-12)26-11(2)24/h3-9H,1-2H3. The average molecular weight is 418 g/mol. The summed E-state index contributed by atoms with van der Waals surface area (Å²) in [7, 11) is 0. The van der Waals surface area contributed by atoms with E-state index < -0.39 is 17.8 Å². The maximum Gasteiger partial charge on any atom is 0.308 e. The van der Waals surface area contributed by atoms with E-state index in [1.807, 2.05) is 0 Å². The molecule has 5 nitrogen and oxygen atoms in total. The van der Waals surface area contributed by atoms with Crippen LogP contribution in [-0.2, 0) is 9.59 Å². The van der Waals surface area contributed by atoms with Gasteiger partial charge in [0, 0.05) is 29.3 Å². The van der Waals surface area contributed by atoms with Gasteiger partial charge in [0.15, 0.2) is 11.6 Å². The van der Waals surface area contributed by atoms with E-state index in [0.717, 1.165) is 9.86 Å². The molecule has 0 aliphatic heterocycles. The van der Waals surface area contributed by atoms with Gasteiger partial charge in [0.2, 0.25) is 0 Å². The molecule has 0 radical (unpaired) electrons. The zero-order chi connectivity index (χ0) is 18.8. The van der Waals surface area contributed by atoms with Crippen LogP contribution in [0.2, 0.25) is 0 Å². The topological polar surface area (TPSA) is 65.5 Å². The highest BCUT2D eigenvalue weighted by Crippen LogP contribution is 2.32. The third-order valence-corrected chi connectivity index (χ3v) is 4.13. The molecule has 3 rings (SSSR count). The minimum absolute atomic E-state index is 0.132. The van der Waals surface area contributed by atoms with E-state index in [2.05, 4.69) is 20.9 Å². The fourth-order valence-electron chi connectivity index (χ4n) is 2.44. The second-order valence-corrected chi connectivity index (χ2v) is 6.36. The maximum atomic E-state index is 14.1. The Hall–Kier alpha value is -2.80. The summed E-state index contributed by atoms with van der Waals surface area (Å²) in [4.78, 5) is 26.6. The third-order valence-electron chi connectivity index (χ3n) is 3.47. The molecule has 0 aliphatic carbocycles. The minimum Gasteiger partial charge on any atom is -0.427 e. The summed E-state index contributed by atoms with van der Waals surface area (Å²) in [6.07, 6.45) is 0. The first kappa shape index (κ1) is 18.0. The summed E-state index contributed by atoms with van der Waals surface area (Å²) in [6, 6.07) is 11.0. The van der Waals surface area contributed by atoms with Crippen molar-refractivity contribution in [2.24, 2.45) is 0 Å². The highest BCUT2D eigenvalue weighted by atomic mass is 79.9. The molecule has 0 amide bonds. The number of pyridine rings is 1. The molecular formula is C19H13BrFNO4. The first-order valence-corrected chi connectivity index (χ1v) is 8.40. The molecule has 2 aromatic carbocycles. The zero-order valence-corrected chi connectivity index (χ0v) is 15.5. The maximum absolute atomic E-state index is 14.1. The Labute approximate surface area is 156 Å². The fourth-order valence-corrected chi connectivity index (χ4v) is 2.97. The van der Waals surface area contributed by atoms with E-state index in [4.69, 9.17) is 9.47 Å². The van der Waals surface area contributed by atoms with Crippen molar-refractivity contribution in [3.8, 4) is 22.8 Å². The van der Waals surface area contributed by atoms with Crippen LogP contribution in [0.25, 0.3) is 22.2 Å². The lowest BCUT2D eigenvalue weighted by Crippen LogP contribution is -2.03. The Bertz CT molecular complexity index is 1040. The fraction of sp³-hybridized carbons (Fsp3) is 0.105. The van der Waals surface area contributed by atoms with Crippen LogP contribution in [0, 0.1) is 5.82 Å². The molecule has 0 saturated heterocycles. The number of nitrogens with zero attached hydrogens (tertiary/aromatic N) is 1. The number of fused-ring (bicyclic) bond motifs is 1. The number of esters is 2. The molecule has 26 heavy (non-hydrogen) atoms. The van der Waals surface area contributed by atoms with Crippen molar-refractivity contribution in [3.05, 3.63) is 52.8 Å². The monoisotopic (exact) mass is 417 g/mol. The SMILES string of the molecule is CC(=O)Oc1ccc2nc(-c3ccc(OC(C)=O)c(F)c3)cc(Br)c2c1. The minimum atomic E-state index is -0.652. The Morgan fingerprint density at radius 3 is 2.38 bits per heavy atom.